The average Bonchev–Trinajstić information content (AvgIpc) is 3.21. The topological polar surface area (TPSA) is 97.3 Å². The molecule has 8 nitrogen and oxygen atoms in total. The molecule has 188 valence electrons. The first kappa shape index (κ1) is 29.5. The first-order valence-corrected chi connectivity index (χ1v) is 13.8. The van der Waals surface area contributed by atoms with Crippen LogP contribution in [0, 0.1) is 0 Å². The van der Waals surface area contributed by atoms with Gasteiger partial charge in [0.05, 0.1) is 38.6 Å². The van der Waals surface area contributed by atoms with Crippen molar-refractivity contribution in [3.05, 3.63) is 0 Å². The number of methoxy groups -OCH3 is 1. The van der Waals surface area contributed by atoms with Crippen LogP contribution >= 0.6 is 21.6 Å². The number of nitrogens with one attached hydrogen (secondary N) is 1. The van der Waals surface area contributed by atoms with E-state index in [1.165, 1.54) is 0 Å². The molecule has 0 aromatic carbocycles. The second kappa shape index (κ2) is 17.0. The molecule has 1 fully saturated rings. The Balaban J connectivity index is 2.10. The molecule has 0 aromatic rings. The molecule has 1 aliphatic rings. The van der Waals surface area contributed by atoms with Gasteiger partial charge in [-0.3, -0.25) is 9.59 Å². The standard InChI is InChI=1S/C22H42N2O6S2/c1-5-29-11-12-30-13-14-31-32-22(2,3)9-8-20(26)23-10-6-7-21(27)24-16-19(28-4)15-18(24)17-25/h18-19,25H,5-17H2,1-4H3,(H,23,26)/t18-,19+/m1/s1. The van der Waals surface area contributed by atoms with Crippen LogP contribution in [0.25, 0.3) is 0 Å². The molecule has 1 rings (SSSR count). The minimum absolute atomic E-state index is 0.00373. The maximum atomic E-state index is 12.4. The van der Waals surface area contributed by atoms with Crippen molar-refractivity contribution in [2.24, 2.45) is 0 Å². The summed E-state index contributed by atoms with van der Waals surface area (Å²) in [6.07, 6.45) is 2.86. The van der Waals surface area contributed by atoms with Gasteiger partial charge in [-0.05, 0) is 40.0 Å². The van der Waals surface area contributed by atoms with Crippen molar-refractivity contribution in [1.82, 2.24) is 10.2 Å². The molecule has 32 heavy (non-hydrogen) atoms. The van der Waals surface area contributed by atoms with Gasteiger partial charge in [0.2, 0.25) is 11.8 Å². The fourth-order valence-electron chi connectivity index (χ4n) is 3.34. The molecule has 1 heterocycles. The molecule has 2 atom stereocenters. The van der Waals surface area contributed by atoms with Crippen molar-refractivity contribution >= 4 is 33.4 Å². The second-order valence-electron chi connectivity index (χ2n) is 8.40. The van der Waals surface area contributed by atoms with E-state index in [1.807, 2.05) is 6.92 Å². The molecule has 0 aliphatic carbocycles. The first-order valence-electron chi connectivity index (χ1n) is 11.5. The van der Waals surface area contributed by atoms with Crippen molar-refractivity contribution in [1.29, 1.82) is 0 Å². The number of ether oxygens (including phenoxy) is 3. The zero-order chi connectivity index (χ0) is 23.8. The first-order chi connectivity index (χ1) is 15.3. The van der Waals surface area contributed by atoms with Gasteiger partial charge in [0.1, 0.15) is 0 Å². The third-order valence-electron chi connectivity index (χ3n) is 5.26. The Kier molecular flexibility index (Phi) is 15.7. The Morgan fingerprint density at radius 2 is 1.94 bits per heavy atom. The highest BCUT2D eigenvalue weighted by Gasteiger charge is 2.34. The second-order valence-corrected chi connectivity index (χ2v) is 11.5. The average molecular weight is 495 g/mol. The summed E-state index contributed by atoms with van der Waals surface area (Å²) in [5, 5.41) is 12.4. The Morgan fingerprint density at radius 3 is 2.62 bits per heavy atom. The highest BCUT2D eigenvalue weighted by atomic mass is 33.1. The lowest BCUT2D eigenvalue weighted by atomic mass is 10.1. The van der Waals surface area contributed by atoms with Crippen LogP contribution in [0.5, 0.6) is 0 Å². The van der Waals surface area contributed by atoms with E-state index in [1.54, 1.807) is 33.6 Å². The third kappa shape index (κ3) is 12.6. The number of aliphatic hydroxyl groups excluding tert-OH is 1. The Bertz CT molecular complexity index is 539. The van der Waals surface area contributed by atoms with Gasteiger partial charge in [0, 0.05) is 50.1 Å². The summed E-state index contributed by atoms with van der Waals surface area (Å²) in [5.74, 6) is 0.929. The van der Waals surface area contributed by atoms with Crippen LogP contribution in [0.4, 0.5) is 0 Å². The lowest BCUT2D eigenvalue weighted by molar-refractivity contribution is -0.133. The molecule has 0 radical (unpaired) electrons. The number of hydrogen-bond donors (Lipinski definition) is 2. The molecule has 10 heteroatoms. The smallest absolute Gasteiger partial charge is 0.223 e. The quantitative estimate of drug-likeness (QED) is 0.222. The summed E-state index contributed by atoms with van der Waals surface area (Å²) in [7, 11) is 5.18. The van der Waals surface area contributed by atoms with Crippen molar-refractivity contribution in [3.63, 3.8) is 0 Å². The van der Waals surface area contributed by atoms with Crippen LogP contribution in [0.1, 0.15) is 52.9 Å². The van der Waals surface area contributed by atoms with E-state index in [4.69, 9.17) is 14.2 Å². The van der Waals surface area contributed by atoms with Crippen LogP contribution < -0.4 is 5.32 Å². The number of likely N-dealkylation sites (tertiary alicyclic amines) is 1. The largest absolute Gasteiger partial charge is 0.394 e. The van der Waals surface area contributed by atoms with Gasteiger partial charge in [-0.2, -0.15) is 0 Å². The van der Waals surface area contributed by atoms with E-state index in [0.717, 1.165) is 12.2 Å². The summed E-state index contributed by atoms with van der Waals surface area (Å²) < 4.78 is 16.0. The molecule has 1 aliphatic heterocycles. The number of rotatable bonds is 18. The molecule has 0 aromatic heterocycles. The number of carbonyl (C=O) groups excluding carboxylic acids is 2. The van der Waals surface area contributed by atoms with E-state index in [9.17, 15) is 14.7 Å². The molecular weight excluding hydrogens is 452 g/mol. The predicted molar refractivity (Wildman–Crippen MR) is 131 cm³/mol. The van der Waals surface area contributed by atoms with Gasteiger partial charge in [0.25, 0.3) is 0 Å². The summed E-state index contributed by atoms with van der Waals surface area (Å²) in [6, 6.07) is -0.165. The minimum Gasteiger partial charge on any atom is -0.394 e. The summed E-state index contributed by atoms with van der Waals surface area (Å²) in [5.41, 5.74) is 0. The van der Waals surface area contributed by atoms with Crippen molar-refractivity contribution in [2.45, 2.75) is 69.8 Å². The number of amides is 2. The Morgan fingerprint density at radius 1 is 1.19 bits per heavy atom. The van der Waals surface area contributed by atoms with E-state index in [-0.39, 0.29) is 35.3 Å². The summed E-state index contributed by atoms with van der Waals surface area (Å²) >= 11 is 0. The van der Waals surface area contributed by atoms with Crippen LogP contribution in [0.15, 0.2) is 0 Å². The van der Waals surface area contributed by atoms with Gasteiger partial charge >= 0.3 is 0 Å². The lowest BCUT2D eigenvalue weighted by Crippen LogP contribution is -2.38. The minimum atomic E-state index is -0.165. The number of carbonyl (C=O) groups is 2. The Hall–Kier alpha value is -0.520. The molecule has 0 spiro atoms. The molecule has 2 N–H and O–H groups in total. The zero-order valence-corrected chi connectivity index (χ0v) is 21.7. The lowest BCUT2D eigenvalue weighted by Gasteiger charge is -2.23. The van der Waals surface area contributed by atoms with E-state index in [2.05, 4.69) is 19.2 Å². The number of nitrogens with zero attached hydrogens (tertiary/aromatic N) is 1. The highest BCUT2D eigenvalue weighted by molar-refractivity contribution is 8.77. The summed E-state index contributed by atoms with van der Waals surface area (Å²) in [6.45, 7) is 9.90. The van der Waals surface area contributed by atoms with Crippen molar-refractivity contribution < 1.29 is 28.9 Å². The zero-order valence-electron chi connectivity index (χ0n) is 20.1. The van der Waals surface area contributed by atoms with E-state index < -0.39 is 0 Å². The van der Waals surface area contributed by atoms with Crippen molar-refractivity contribution in [3.8, 4) is 0 Å². The van der Waals surface area contributed by atoms with Gasteiger partial charge < -0.3 is 29.5 Å². The number of aliphatic hydroxyl groups is 1. The van der Waals surface area contributed by atoms with Gasteiger partial charge in [-0.25, -0.2) is 0 Å². The van der Waals surface area contributed by atoms with Crippen molar-refractivity contribution in [2.75, 3.05) is 59.0 Å². The molecule has 0 unspecified atom stereocenters. The van der Waals surface area contributed by atoms with Crippen LogP contribution in [-0.4, -0.2) is 97.7 Å². The van der Waals surface area contributed by atoms with Crippen LogP contribution in [0.2, 0.25) is 0 Å². The van der Waals surface area contributed by atoms with E-state index >= 15 is 0 Å². The molecule has 2 amide bonds. The van der Waals surface area contributed by atoms with Gasteiger partial charge in [0.15, 0.2) is 0 Å². The predicted octanol–water partition coefficient (Wildman–Crippen LogP) is 2.48. The Labute approximate surface area is 201 Å². The van der Waals surface area contributed by atoms with Gasteiger partial charge in [-0.1, -0.05) is 21.6 Å². The molecular formula is C22H42N2O6S2. The van der Waals surface area contributed by atoms with Gasteiger partial charge in [-0.15, -0.1) is 0 Å². The van der Waals surface area contributed by atoms with Crippen LogP contribution in [0.3, 0.4) is 0 Å². The third-order valence-corrected chi connectivity index (χ3v) is 8.57. The summed E-state index contributed by atoms with van der Waals surface area (Å²) in [4.78, 5) is 26.3. The maximum Gasteiger partial charge on any atom is 0.223 e. The fourth-order valence-corrected chi connectivity index (χ4v) is 5.77. The highest BCUT2D eigenvalue weighted by Crippen LogP contribution is 2.38. The SMILES string of the molecule is CCOCCOCCSSC(C)(C)CCC(=O)NCCCC(=O)N1C[C@@H](OC)C[C@@H]1CO. The maximum absolute atomic E-state index is 12.4. The van der Waals surface area contributed by atoms with Crippen LogP contribution in [-0.2, 0) is 23.8 Å². The fraction of sp³-hybridized carbons (Fsp3) is 0.909. The monoisotopic (exact) mass is 494 g/mol. The number of hydrogen-bond acceptors (Lipinski definition) is 8. The molecule has 1 saturated heterocycles. The normalized spacial score (nSPS) is 18.8. The molecule has 0 bridgehead atoms. The van der Waals surface area contributed by atoms with E-state index in [0.29, 0.717) is 65.2 Å². The molecule has 0 saturated carbocycles.